The molecule has 0 amide bonds. The molecule has 98 valence electrons. The minimum atomic E-state index is -0.238. The van der Waals surface area contributed by atoms with Crippen LogP contribution < -0.4 is 0 Å². The van der Waals surface area contributed by atoms with Crippen LogP contribution in [0.2, 0.25) is 0 Å². The zero-order valence-electron chi connectivity index (χ0n) is 11.2. The summed E-state index contributed by atoms with van der Waals surface area (Å²) in [5.74, 6) is 1.48. The maximum absolute atomic E-state index is 11.0. The van der Waals surface area contributed by atoms with Crippen LogP contribution in [0.1, 0.15) is 39.2 Å². The summed E-state index contributed by atoms with van der Waals surface area (Å²) < 4.78 is 5.26. The molecule has 0 fully saturated rings. The van der Waals surface area contributed by atoms with Gasteiger partial charge in [-0.2, -0.15) is 0 Å². The smallest absolute Gasteiger partial charge is 0.307 e. The fraction of sp³-hybridized carbons (Fsp3) is 0.400. The summed E-state index contributed by atoms with van der Waals surface area (Å²) in [7, 11) is 0. The number of allylic oxidation sites excluding steroid dienone is 2. The normalized spacial score (nSPS) is 11.9. The number of hydrogen-bond donors (Lipinski definition) is 0. The summed E-state index contributed by atoms with van der Waals surface area (Å²) in [4.78, 5) is 12.2. The fourth-order valence-electron chi connectivity index (χ4n) is 1.62. The molecule has 2 nitrogen and oxygen atoms in total. The van der Waals surface area contributed by atoms with Crippen LogP contribution in [0, 0.1) is 0 Å². The number of carbonyl (C=O) groups excluding carboxylic acids is 1. The Morgan fingerprint density at radius 3 is 2.33 bits per heavy atom. The van der Waals surface area contributed by atoms with Gasteiger partial charge in [0.1, 0.15) is 5.76 Å². The molecular formula is C15H20O2S. The van der Waals surface area contributed by atoms with Gasteiger partial charge in [0, 0.05) is 24.0 Å². The van der Waals surface area contributed by atoms with E-state index in [-0.39, 0.29) is 5.97 Å². The van der Waals surface area contributed by atoms with E-state index in [4.69, 9.17) is 4.74 Å². The molecule has 0 aliphatic rings. The molecule has 1 aromatic carbocycles. The van der Waals surface area contributed by atoms with Crippen molar-refractivity contribution >= 4 is 17.7 Å². The second-order valence-corrected chi connectivity index (χ2v) is 4.99. The molecule has 0 spiro atoms. The van der Waals surface area contributed by atoms with Gasteiger partial charge in [-0.3, -0.25) is 4.79 Å². The minimum absolute atomic E-state index is 0.238. The van der Waals surface area contributed by atoms with Crippen LogP contribution in [0.5, 0.6) is 0 Å². The molecule has 0 atom stereocenters. The lowest BCUT2D eigenvalue weighted by molar-refractivity contribution is -0.137. The van der Waals surface area contributed by atoms with Crippen molar-refractivity contribution in [2.75, 3.05) is 0 Å². The Morgan fingerprint density at radius 1 is 1.17 bits per heavy atom. The van der Waals surface area contributed by atoms with Crippen molar-refractivity contribution in [3.8, 4) is 0 Å². The molecular weight excluding hydrogens is 244 g/mol. The summed E-state index contributed by atoms with van der Waals surface area (Å²) >= 11 is 1.75. The Kier molecular flexibility index (Phi) is 6.58. The maximum Gasteiger partial charge on any atom is 0.307 e. The van der Waals surface area contributed by atoms with E-state index in [0.717, 1.165) is 29.3 Å². The summed E-state index contributed by atoms with van der Waals surface area (Å²) in [5, 5.41) is 0. The second-order valence-electron chi connectivity index (χ2n) is 3.92. The first-order valence-electron chi connectivity index (χ1n) is 6.24. The van der Waals surface area contributed by atoms with E-state index in [1.807, 2.05) is 25.1 Å². The van der Waals surface area contributed by atoms with Crippen molar-refractivity contribution < 1.29 is 9.53 Å². The van der Waals surface area contributed by atoms with Crippen LogP contribution in [0.4, 0.5) is 0 Å². The first kappa shape index (κ1) is 14.8. The molecule has 0 radical (unpaired) electrons. The Bertz CT molecular complexity index is 410. The van der Waals surface area contributed by atoms with Gasteiger partial charge in [-0.05, 0) is 12.0 Å². The molecule has 0 unspecified atom stereocenters. The zero-order chi connectivity index (χ0) is 13.4. The third-order valence-electron chi connectivity index (χ3n) is 2.48. The first-order chi connectivity index (χ1) is 8.67. The zero-order valence-corrected chi connectivity index (χ0v) is 12.0. The molecule has 0 aromatic heterocycles. The minimum Gasteiger partial charge on any atom is -0.430 e. The quantitative estimate of drug-likeness (QED) is 0.558. The highest BCUT2D eigenvalue weighted by atomic mass is 32.2. The molecule has 1 rings (SSSR count). The van der Waals surface area contributed by atoms with E-state index in [1.165, 1.54) is 12.5 Å². The van der Waals surface area contributed by atoms with E-state index in [1.54, 1.807) is 11.8 Å². The summed E-state index contributed by atoms with van der Waals surface area (Å²) in [6.45, 7) is 5.55. The van der Waals surface area contributed by atoms with E-state index >= 15 is 0 Å². The predicted molar refractivity (Wildman–Crippen MR) is 77.1 cm³/mol. The van der Waals surface area contributed by atoms with Crippen LogP contribution >= 0.6 is 11.8 Å². The first-order valence-corrected chi connectivity index (χ1v) is 7.23. The van der Waals surface area contributed by atoms with Crippen molar-refractivity contribution in [3.05, 3.63) is 46.6 Å². The molecule has 18 heavy (non-hydrogen) atoms. The molecule has 0 N–H and O–H groups in total. The highest BCUT2D eigenvalue weighted by Gasteiger charge is 2.08. The fourth-order valence-corrected chi connectivity index (χ4v) is 2.71. The van der Waals surface area contributed by atoms with Gasteiger partial charge in [-0.15, -0.1) is 11.8 Å². The molecule has 0 aliphatic heterocycles. The molecule has 3 heteroatoms. The lowest BCUT2D eigenvalue weighted by Gasteiger charge is -2.11. The van der Waals surface area contributed by atoms with Crippen molar-refractivity contribution in [2.24, 2.45) is 0 Å². The average Bonchev–Trinajstić information content (AvgIpc) is 2.38. The number of benzene rings is 1. The van der Waals surface area contributed by atoms with Gasteiger partial charge in [0.05, 0.1) is 0 Å². The van der Waals surface area contributed by atoms with E-state index < -0.39 is 0 Å². The van der Waals surface area contributed by atoms with Crippen LogP contribution in [-0.4, -0.2) is 5.97 Å². The van der Waals surface area contributed by atoms with Gasteiger partial charge in [0.15, 0.2) is 0 Å². The van der Waals surface area contributed by atoms with Crippen molar-refractivity contribution in [1.82, 2.24) is 0 Å². The molecule has 0 saturated heterocycles. The summed E-state index contributed by atoms with van der Waals surface area (Å²) in [6, 6.07) is 10.3. The molecule has 0 bridgehead atoms. The van der Waals surface area contributed by atoms with E-state index in [0.29, 0.717) is 0 Å². The lowest BCUT2D eigenvalue weighted by atomic mass is 10.2. The number of esters is 1. The molecule has 0 aliphatic carbocycles. The number of ether oxygens (including phenoxy) is 1. The van der Waals surface area contributed by atoms with E-state index in [9.17, 15) is 4.79 Å². The summed E-state index contributed by atoms with van der Waals surface area (Å²) in [5.41, 5.74) is 1.28. The van der Waals surface area contributed by atoms with Crippen molar-refractivity contribution in [2.45, 2.75) is 39.4 Å². The van der Waals surface area contributed by atoms with Crippen molar-refractivity contribution in [1.29, 1.82) is 0 Å². The number of rotatable bonds is 6. The Balaban J connectivity index is 2.70. The second kappa shape index (κ2) is 7.98. The topological polar surface area (TPSA) is 26.3 Å². The van der Waals surface area contributed by atoms with Crippen LogP contribution in [0.3, 0.4) is 0 Å². The standard InChI is InChI=1S/C15H20O2S/c1-4-14(17-12(3)16)15(5-2)18-11-13-9-7-6-8-10-13/h6-10H,4-5,11H2,1-3H3/b15-14+. The Labute approximate surface area is 113 Å². The van der Waals surface area contributed by atoms with Gasteiger partial charge in [-0.1, -0.05) is 44.2 Å². The van der Waals surface area contributed by atoms with Gasteiger partial charge in [0.2, 0.25) is 0 Å². The number of thioether (sulfide) groups is 1. The van der Waals surface area contributed by atoms with Gasteiger partial charge in [0.25, 0.3) is 0 Å². The highest BCUT2D eigenvalue weighted by Crippen LogP contribution is 2.28. The van der Waals surface area contributed by atoms with E-state index in [2.05, 4.69) is 19.1 Å². The maximum atomic E-state index is 11.0. The Hall–Kier alpha value is -1.22. The van der Waals surface area contributed by atoms with Crippen LogP contribution in [0.15, 0.2) is 41.0 Å². The third kappa shape index (κ3) is 4.96. The Morgan fingerprint density at radius 2 is 1.83 bits per heavy atom. The van der Waals surface area contributed by atoms with Gasteiger partial charge in [-0.25, -0.2) is 0 Å². The number of carbonyl (C=O) groups is 1. The largest absolute Gasteiger partial charge is 0.430 e. The molecule has 0 saturated carbocycles. The molecule has 0 heterocycles. The van der Waals surface area contributed by atoms with Crippen molar-refractivity contribution in [3.63, 3.8) is 0 Å². The van der Waals surface area contributed by atoms with Crippen LogP contribution in [0.25, 0.3) is 0 Å². The van der Waals surface area contributed by atoms with Gasteiger partial charge < -0.3 is 4.74 Å². The molecule has 1 aromatic rings. The predicted octanol–water partition coefficient (Wildman–Crippen LogP) is 4.51. The van der Waals surface area contributed by atoms with Crippen LogP contribution in [-0.2, 0) is 15.3 Å². The summed E-state index contributed by atoms with van der Waals surface area (Å²) in [6.07, 6.45) is 1.65. The average molecular weight is 264 g/mol. The number of hydrogen-bond acceptors (Lipinski definition) is 3. The monoisotopic (exact) mass is 264 g/mol. The highest BCUT2D eigenvalue weighted by molar-refractivity contribution is 8.02. The SMILES string of the molecule is CC/C(OC(C)=O)=C(/CC)SCc1ccccc1. The van der Waals surface area contributed by atoms with Gasteiger partial charge >= 0.3 is 5.97 Å². The third-order valence-corrected chi connectivity index (χ3v) is 3.82. The lowest BCUT2D eigenvalue weighted by Crippen LogP contribution is -2.00.